The molecule has 0 atom stereocenters. The van der Waals surface area contributed by atoms with Gasteiger partial charge in [0.25, 0.3) is 0 Å². The van der Waals surface area contributed by atoms with Crippen molar-refractivity contribution in [3.63, 3.8) is 0 Å². The van der Waals surface area contributed by atoms with Gasteiger partial charge < -0.3 is 18.8 Å². The van der Waals surface area contributed by atoms with Gasteiger partial charge in [0, 0.05) is 38.7 Å². The van der Waals surface area contributed by atoms with Gasteiger partial charge in [0.15, 0.2) is 16.7 Å². The number of fused-ring (bicyclic) bond motifs is 1. The number of rotatable bonds is 11. The maximum absolute atomic E-state index is 11.5. The second kappa shape index (κ2) is 13.2. The summed E-state index contributed by atoms with van der Waals surface area (Å²) < 4.78 is 19.2. The van der Waals surface area contributed by atoms with Gasteiger partial charge in [-0.1, -0.05) is 73.5 Å². The molecular weight excluding hydrogens is 538 g/mol. The van der Waals surface area contributed by atoms with Gasteiger partial charge in [-0.2, -0.15) is 0 Å². The van der Waals surface area contributed by atoms with E-state index in [9.17, 15) is 4.79 Å². The maximum atomic E-state index is 11.5. The molecule has 8 heteroatoms. The standard InChI is InChI=1S/C33H36ClN3O4/c1-4-5-15-37-28(32(34)35-33(37)27-9-7-6-8-10-27)22-36(20-25-11-13-29(23(2)18-25)41-24(3)38)21-26-12-14-30-31(19-26)40-17-16-39-30/h6-14,18-19H,4-5,15-17,20-22H2,1-3H3. The summed E-state index contributed by atoms with van der Waals surface area (Å²) in [6.07, 6.45) is 2.09. The molecule has 0 radical (unpaired) electrons. The van der Waals surface area contributed by atoms with Crippen LogP contribution in [0.5, 0.6) is 17.2 Å². The number of carbonyl (C=O) groups is 1. The van der Waals surface area contributed by atoms with Crippen LogP contribution in [0.2, 0.25) is 5.15 Å². The summed E-state index contributed by atoms with van der Waals surface area (Å²) in [4.78, 5) is 18.7. The molecule has 41 heavy (non-hydrogen) atoms. The highest BCUT2D eigenvalue weighted by Gasteiger charge is 2.21. The number of benzene rings is 3. The Morgan fingerprint density at radius 2 is 1.68 bits per heavy atom. The van der Waals surface area contributed by atoms with Crippen molar-refractivity contribution in [3.8, 4) is 28.6 Å². The third-order valence-corrected chi connectivity index (χ3v) is 7.38. The molecule has 214 valence electrons. The number of nitrogens with zero attached hydrogens (tertiary/aromatic N) is 3. The molecule has 0 saturated heterocycles. The Morgan fingerprint density at radius 1 is 0.976 bits per heavy atom. The zero-order valence-corrected chi connectivity index (χ0v) is 24.6. The van der Waals surface area contributed by atoms with E-state index >= 15 is 0 Å². The van der Waals surface area contributed by atoms with E-state index in [0.29, 0.717) is 43.8 Å². The van der Waals surface area contributed by atoms with Gasteiger partial charge in [-0.3, -0.25) is 9.69 Å². The highest BCUT2D eigenvalue weighted by Crippen LogP contribution is 2.33. The lowest BCUT2D eigenvalue weighted by Crippen LogP contribution is -2.25. The van der Waals surface area contributed by atoms with Gasteiger partial charge in [0.05, 0.1) is 5.69 Å². The first kappa shape index (κ1) is 28.7. The van der Waals surface area contributed by atoms with Crippen LogP contribution in [0.4, 0.5) is 0 Å². The second-order valence-electron chi connectivity index (χ2n) is 10.4. The molecule has 0 bridgehead atoms. The Kier molecular flexibility index (Phi) is 9.27. The first-order chi connectivity index (χ1) is 19.9. The van der Waals surface area contributed by atoms with Crippen LogP contribution in [0.3, 0.4) is 0 Å². The maximum Gasteiger partial charge on any atom is 0.308 e. The summed E-state index contributed by atoms with van der Waals surface area (Å²) in [5.74, 6) is 2.68. The summed E-state index contributed by atoms with van der Waals surface area (Å²) >= 11 is 6.87. The SMILES string of the molecule is CCCCn1c(-c2ccccc2)nc(Cl)c1CN(Cc1ccc(OC(C)=O)c(C)c1)Cc1ccc2c(c1)OCCO2. The zero-order chi connectivity index (χ0) is 28.8. The summed E-state index contributed by atoms with van der Waals surface area (Å²) in [5.41, 5.74) is 5.17. The number of hydrogen-bond acceptors (Lipinski definition) is 6. The van der Waals surface area contributed by atoms with Crippen molar-refractivity contribution in [1.29, 1.82) is 0 Å². The van der Waals surface area contributed by atoms with Gasteiger partial charge in [-0.15, -0.1) is 0 Å². The van der Waals surface area contributed by atoms with Gasteiger partial charge in [-0.05, 0) is 48.2 Å². The van der Waals surface area contributed by atoms with Crippen molar-refractivity contribution in [3.05, 3.63) is 94.3 Å². The molecule has 0 N–H and O–H groups in total. The minimum absolute atomic E-state index is 0.328. The fraction of sp³-hybridized carbons (Fsp3) is 0.333. The number of ether oxygens (including phenoxy) is 3. The van der Waals surface area contributed by atoms with E-state index in [4.69, 9.17) is 30.8 Å². The van der Waals surface area contributed by atoms with Crippen LogP contribution in [0.25, 0.3) is 11.4 Å². The van der Waals surface area contributed by atoms with E-state index in [1.54, 1.807) is 0 Å². The number of imidazole rings is 1. The van der Waals surface area contributed by atoms with Crippen molar-refractivity contribution in [2.45, 2.75) is 59.8 Å². The number of hydrogen-bond donors (Lipinski definition) is 0. The molecule has 5 rings (SSSR count). The lowest BCUT2D eigenvalue weighted by Gasteiger charge is -2.25. The van der Waals surface area contributed by atoms with Crippen molar-refractivity contribution in [1.82, 2.24) is 14.5 Å². The number of aryl methyl sites for hydroxylation is 1. The molecular formula is C33H36ClN3O4. The van der Waals surface area contributed by atoms with Gasteiger partial charge in [0.2, 0.25) is 0 Å². The van der Waals surface area contributed by atoms with E-state index in [1.807, 2.05) is 43.3 Å². The third-order valence-electron chi connectivity index (χ3n) is 7.08. The van der Waals surface area contributed by atoms with Crippen LogP contribution >= 0.6 is 11.6 Å². The van der Waals surface area contributed by atoms with E-state index in [2.05, 4.69) is 46.7 Å². The van der Waals surface area contributed by atoms with Crippen LogP contribution in [0.15, 0.2) is 66.7 Å². The minimum atomic E-state index is -0.328. The van der Waals surface area contributed by atoms with Crippen LogP contribution in [0, 0.1) is 6.92 Å². The number of carbonyl (C=O) groups excluding carboxylic acids is 1. The number of esters is 1. The van der Waals surface area contributed by atoms with Crippen LogP contribution in [-0.2, 0) is 31.0 Å². The topological polar surface area (TPSA) is 65.8 Å². The summed E-state index contributed by atoms with van der Waals surface area (Å²) in [6.45, 7) is 9.42. The summed E-state index contributed by atoms with van der Waals surface area (Å²) in [6, 6.07) is 22.3. The van der Waals surface area contributed by atoms with E-state index < -0.39 is 0 Å². The van der Waals surface area contributed by atoms with Crippen molar-refractivity contribution in [2.24, 2.45) is 0 Å². The fourth-order valence-electron chi connectivity index (χ4n) is 5.13. The quantitative estimate of drug-likeness (QED) is 0.139. The van der Waals surface area contributed by atoms with Gasteiger partial charge in [-0.25, -0.2) is 4.98 Å². The zero-order valence-electron chi connectivity index (χ0n) is 23.9. The van der Waals surface area contributed by atoms with Gasteiger partial charge in [0.1, 0.15) is 24.8 Å². The molecule has 1 aliphatic heterocycles. The van der Waals surface area contributed by atoms with Crippen molar-refractivity contribution < 1.29 is 19.0 Å². The van der Waals surface area contributed by atoms with E-state index in [1.165, 1.54) is 6.92 Å². The molecule has 0 saturated carbocycles. The van der Waals surface area contributed by atoms with Crippen molar-refractivity contribution in [2.75, 3.05) is 13.2 Å². The lowest BCUT2D eigenvalue weighted by molar-refractivity contribution is -0.131. The normalized spacial score (nSPS) is 12.5. The monoisotopic (exact) mass is 573 g/mol. The lowest BCUT2D eigenvalue weighted by atomic mass is 10.1. The molecule has 0 unspecified atom stereocenters. The molecule has 7 nitrogen and oxygen atoms in total. The largest absolute Gasteiger partial charge is 0.486 e. The smallest absolute Gasteiger partial charge is 0.308 e. The molecule has 0 spiro atoms. The Labute approximate surface area is 246 Å². The molecule has 4 aromatic rings. The molecule has 2 heterocycles. The first-order valence-corrected chi connectivity index (χ1v) is 14.5. The fourth-order valence-corrected chi connectivity index (χ4v) is 5.38. The Balaban J connectivity index is 1.48. The molecule has 3 aromatic carbocycles. The van der Waals surface area contributed by atoms with Crippen molar-refractivity contribution >= 4 is 17.6 Å². The average Bonchev–Trinajstić information content (AvgIpc) is 3.28. The van der Waals surface area contributed by atoms with E-state index in [-0.39, 0.29) is 5.97 Å². The Bertz CT molecular complexity index is 1500. The first-order valence-electron chi connectivity index (χ1n) is 14.1. The Morgan fingerprint density at radius 3 is 2.39 bits per heavy atom. The van der Waals surface area contributed by atoms with Crippen LogP contribution in [-0.4, -0.2) is 33.6 Å². The predicted molar refractivity (Wildman–Crippen MR) is 160 cm³/mol. The molecule has 1 aromatic heterocycles. The highest BCUT2D eigenvalue weighted by atomic mass is 35.5. The van der Waals surface area contributed by atoms with E-state index in [0.717, 1.165) is 64.7 Å². The summed E-state index contributed by atoms with van der Waals surface area (Å²) in [7, 11) is 0. The van der Waals surface area contributed by atoms with Crippen LogP contribution in [0.1, 0.15) is 49.1 Å². The minimum Gasteiger partial charge on any atom is -0.486 e. The highest BCUT2D eigenvalue weighted by molar-refractivity contribution is 6.30. The average molecular weight is 574 g/mol. The predicted octanol–water partition coefficient (Wildman–Crippen LogP) is 7.21. The van der Waals surface area contributed by atoms with Crippen LogP contribution < -0.4 is 14.2 Å². The molecule has 0 amide bonds. The third kappa shape index (κ3) is 7.10. The summed E-state index contributed by atoms with van der Waals surface area (Å²) in [5, 5.41) is 0.522. The molecule has 0 fully saturated rings. The second-order valence-corrected chi connectivity index (χ2v) is 10.7. The number of unbranched alkanes of at least 4 members (excludes halogenated alkanes) is 1. The molecule has 0 aliphatic carbocycles. The number of aromatic nitrogens is 2. The molecule has 1 aliphatic rings. The van der Waals surface area contributed by atoms with Gasteiger partial charge >= 0.3 is 5.97 Å². The number of halogens is 1. The Hall–Kier alpha value is -3.81.